The molecular formula is C7H10N2O2S. The quantitative estimate of drug-likeness (QED) is 0.667. The van der Waals surface area contributed by atoms with Gasteiger partial charge in [0.25, 0.3) is 0 Å². The Bertz CT molecular complexity index is 272. The molecule has 0 saturated carbocycles. The van der Waals surface area contributed by atoms with E-state index in [0.717, 1.165) is 11.4 Å². The van der Waals surface area contributed by atoms with E-state index in [-0.39, 0.29) is 5.97 Å². The summed E-state index contributed by atoms with van der Waals surface area (Å²) in [6.45, 7) is 4.11. The molecule has 5 heteroatoms. The van der Waals surface area contributed by atoms with Gasteiger partial charge in [-0.15, -0.1) is 10.2 Å². The lowest BCUT2D eigenvalue weighted by atomic mass is 10.5. The number of nitrogens with zero attached hydrogens (tertiary/aromatic N) is 2. The van der Waals surface area contributed by atoms with Gasteiger partial charge in [0.15, 0.2) is 0 Å². The molecule has 0 aliphatic rings. The highest BCUT2D eigenvalue weighted by Crippen LogP contribution is 2.10. The van der Waals surface area contributed by atoms with Crippen LogP contribution in [0.3, 0.4) is 0 Å². The average molecular weight is 186 g/mol. The van der Waals surface area contributed by atoms with Gasteiger partial charge in [0.05, 0.1) is 6.61 Å². The molecule has 1 heterocycles. The largest absolute Gasteiger partial charge is 0.461 e. The number of hydrogen-bond donors (Lipinski definition) is 0. The van der Waals surface area contributed by atoms with E-state index in [4.69, 9.17) is 4.74 Å². The monoisotopic (exact) mass is 186 g/mol. The summed E-state index contributed by atoms with van der Waals surface area (Å²) in [5.41, 5.74) is 0. The van der Waals surface area contributed by atoms with Crippen molar-refractivity contribution < 1.29 is 9.53 Å². The zero-order chi connectivity index (χ0) is 8.97. The Hall–Kier alpha value is -0.970. The summed E-state index contributed by atoms with van der Waals surface area (Å²) in [6, 6.07) is 0. The zero-order valence-corrected chi connectivity index (χ0v) is 7.85. The molecule has 0 aromatic carbocycles. The predicted octanol–water partition coefficient (Wildman–Crippen LogP) is 1.28. The molecule has 0 bridgehead atoms. The average Bonchev–Trinajstić information content (AvgIpc) is 2.52. The van der Waals surface area contributed by atoms with E-state index < -0.39 is 0 Å². The van der Waals surface area contributed by atoms with Crippen molar-refractivity contribution in [3.8, 4) is 0 Å². The van der Waals surface area contributed by atoms with Crippen molar-refractivity contribution in [2.75, 3.05) is 6.61 Å². The summed E-state index contributed by atoms with van der Waals surface area (Å²) in [7, 11) is 0. The Balaban J connectivity index is 2.68. The van der Waals surface area contributed by atoms with Gasteiger partial charge in [-0.05, 0) is 13.3 Å². The number of aryl methyl sites for hydroxylation is 1. The van der Waals surface area contributed by atoms with Crippen LogP contribution in [0.25, 0.3) is 0 Å². The maximum absolute atomic E-state index is 11.1. The van der Waals surface area contributed by atoms with Gasteiger partial charge in [0, 0.05) is 0 Å². The van der Waals surface area contributed by atoms with Crippen LogP contribution in [0.1, 0.15) is 28.7 Å². The molecule has 1 aromatic heterocycles. The molecule has 0 radical (unpaired) electrons. The highest BCUT2D eigenvalue weighted by molar-refractivity contribution is 7.13. The van der Waals surface area contributed by atoms with Crippen LogP contribution in [-0.4, -0.2) is 22.8 Å². The van der Waals surface area contributed by atoms with Crippen LogP contribution in [0.4, 0.5) is 0 Å². The highest BCUT2D eigenvalue weighted by atomic mass is 32.1. The normalized spacial score (nSPS) is 9.83. The van der Waals surface area contributed by atoms with E-state index in [1.165, 1.54) is 11.3 Å². The molecule has 1 aromatic rings. The fourth-order valence-corrected chi connectivity index (χ4v) is 1.34. The summed E-state index contributed by atoms with van der Waals surface area (Å²) in [5, 5.41) is 8.71. The van der Waals surface area contributed by atoms with Crippen molar-refractivity contribution in [3.63, 3.8) is 0 Å². The molecule has 66 valence electrons. The van der Waals surface area contributed by atoms with Gasteiger partial charge in [0.2, 0.25) is 5.01 Å². The van der Waals surface area contributed by atoms with Crippen LogP contribution in [0.2, 0.25) is 0 Å². The molecule has 0 unspecified atom stereocenters. The van der Waals surface area contributed by atoms with Crippen molar-refractivity contribution in [3.05, 3.63) is 10.0 Å². The predicted molar refractivity (Wildman–Crippen MR) is 45.2 cm³/mol. The van der Waals surface area contributed by atoms with Crippen molar-refractivity contribution in [1.82, 2.24) is 10.2 Å². The molecule has 0 saturated heterocycles. The van der Waals surface area contributed by atoms with Gasteiger partial charge < -0.3 is 4.74 Å². The molecule has 1 rings (SSSR count). The Labute approximate surface area is 74.6 Å². The summed E-state index contributed by atoms with van der Waals surface area (Å²) in [4.78, 5) is 11.1. The van der Waals surface area contributed by atoms with E-state index in [2.05, 4.69) is 10.2 Å². The third-order valence-corrected chi connectivity index (χ3v) is 2.27. The number of aromatic nitrogens is 2. The van der Waals surface area contributed by atoms with Crippen LogP contribution < -0.4 is 0 Å². The molecule has 12 heavy (non-hydrogen) atoms. The molecule has 0 fully saturated rings. The molecule has 0 N–H and O–H groups in total. The van der Waals surface area contributed by atoms with Crippen LogP contribution in [0.15, 0.2) is 0 Å². The van der Waals surface area contributed by atoms with Gasteiger partial charge in [-0.1, -0.05) is 18.3 Å². The first-order chi connectivity index (χ1) is 5.77. The second-order valence-corrected chi connectivity index (χ2v) is 3.14. The molecule has 0 amide bonds. The van der Waals surface area contributed by atoms with E-state index in [1.807, 2.05) is 6.92 Å². The first-order valence-electron chi connectivity index (χ1n) is 3.77. The Morgan fingerprint density at radius 2 is 2.25 bits per heavy atom. The van der Waals surface area contributed by atoms with Gasteiger partial charge in [0.1, 0.15) is 5.01 Å². The Morgan fingerprint density at radius 1 is 1.50 bits per heavy atom. The van der Waals surface area contributed by atoms with Crippen molar-refractivity contribution >= 4 is 17.3 Å². The minimum absolute atomic E-state index is 0.341. The molecular weight excluding hydrogens is 176 g/mol. The van der Waals surface area contributed by atoms with E-state index in [1.54, 1.807) is 6.92 Å². The maximum atomic E-state index is 11.1. The zero-order valence-electron chi connectivity index (χ0n) is 7.03. The van der Waals surface area contributed by atoms with Crippen molar-refractivity contribution in [1.29, 1.82) is 0 Å². The topological polar surface area (TPSA) is 52.1 Å². The van der Waals surface area contributed by atoms with Gasteiger partial charge in [-0.3, -0.25) is 0 Å². The summed E-state index contributed by atoms with van der Waals surface area (Å²) >= 11 is 1.28. The van der Waals surface area contributed by atoms with E-state index in [9.17, 15) is 4.79 Å². The fourth-order valence-electron chi connectivity index (χ4n) is 0.672. The van der Waals surface area contributed by atoms with Gasteiger partial charge in [-0.2, -0.15) is 0 Å². The van der Waals surface area contributed by atoms with E-state index in [0.29, 0.717) is 11.6 Å². The summed E-state index contributed by atoms with van der Waals surface area (Å²) < 4.78 is 4.75. The van der Waals surface area contributed by atoms with E-state index >= 15 is 0 Å². The number of rotatable bonds is 3. The number of carbonyl (C=O) groups excluding carboxylic acids is 1. The van der Waals surface area contributed by atoms with Crippen LogP contribution >= 0.6 is 11.3 Å². The number of carbonyl (C=O) groups is 1. The fraction of sp³-hybridized carbons (Fsp3) is 0.571. The van der Waals surface area contributed by atoms with Crippen LogP contribution in [0.5, 0.6) is 0 Å². The van der Waals surface area contributed by atoms with Crippen molar-refractivity contribution in [2.24, 2.45) is 0 Å². The molecule has 0 aliphatic heterocycles. The lowest BCUT2D eigenvalue weighted by molar-refractivity contribution is 0.0525. The second-order valence-electron chi connectivity index (χ2n) is 2.07. The third-order valence-electron chi connectivity index (χ3n) is 1.22. The number of hydrogen-bond acceptors (Lipinski definition) is 5. The SMILES string of the molecule is CCOC(=O)c1nnc(CC)s1. The first kappa shape index (κ1) is 9.12. The lowest BCUT2D eigenvalue weighted by Gasteiger charge is -1.94. The standard InChI is InChI=1S/C7H10N2O2S/c1-3-5-8-9-6(12-5)7(10)11-4-2/h3-4H2,1-2H3. The molecule has 4 nitrogen and oxygen atoms in total. The number of ether oxygens (including phenoxy) is 1. The minimum Gasteiger partial charge on any atom is -0.461 e. The van der Waals surface area contributed by atoms with Crippen LogP contribution in [0, 0.1) is 0 Å². The highest BCUT2D eigenvalue weighted by Gasteiger charge is 2.12. The molecule has 0 atom stereocenters. The van der Waals surface area contributed by atoms with Crippen LogP contribution in [-0.2, 0) is 11.2 Å². The summed E-state index contributed by atoms with van der Waals surface area (Å²) in [6.07, 6.45) is 0.803. The maximum Gasteiger partial charge on any atom is 0.369 e. The molecule has 0 aliphatic carbocycles. The number of esters is 1. The molecule has 0 spiro atoms. The first-order valence-corrected chi connectivity index (χ1v) is 4.59. The summed E-state index contributed by atoms with van der Waals surface area (Å²) in [5.74, 6) is -0.380. The Kier molecular flexibility index (Phi) is 3.16. The van der Waals surface area contributed by atoms with Gasteiger partial charge in [-0.25, -0.2) is 4.79 Å². The Morgan fingerprint density at radius 3 is 2.75 bits per heavy atom. The minimum atomic E-state index is -0.380. The lowest BCUT2D eigenvalue weighted by Crippen LogP contribution is -2.03. The smallest absolute Gasteiger partial charge is 0.369 e. The van der Waals surface area contributed by atoms with Gasteiger partial charge >= 0.3 is 5.97 Å². The van der Waals surface area contributed by atoms with Crippen molar-refractivity contribution in [2.45, 2.75) is 20.3 Å². The second kappa shape index (κ2) is 4.15. The third kappa shape index (κ3) is 2.01.